The molecule has 0 amide bonds. The van der Waals surface area contributed by atoms with E-state index in [0.29, 0.717) is 18.5 Å². The van der Waals surface area contributed by atoms with Gasteiger partial charge in [0.2, 0.25) is 0 Å². The number of fused-ring (bicyclic) bond motifs is 1. The van der Waals surface area contributed by atoms with Gasteiger partial charge in [-0.15, -0.1) is 0 Å². The van der Waals surface area contributed by atoms with Crippen molar-refractivity contribution in [2.75, 3.05) is 11.4 Å². The first kappa shape index (κ1) is 19.0. The first-order chi connectivity index (χ1) is 12.6. The van der Waals surface area contributed by atoms with Gasteiger partial charge < -0.3 is 10.0 Å². The second-order valence-corrected chi connectivity index (χ2v) is 6.14. The number of alkyl halides is 5. The molecule has 0 saturated carbocycles. The van der Waals surface area contributed by atoms with Gasteiger partial charge in [-0.05, 0) is 36.6 Å². The Morgan fingerprint density at radius 3 is 2.52 bits per heavy atom. The Hall–Kier alpha value is -2.78. The van der Waals surface area contributed by atoms with Crippen LogP contribution in [0, 0.1) is 6.92 Å². The summed E-state index contributed by atoms with van der Waals surface area (Å²) in [6.07, 6.45) is -7.19. The molecule has 0 aliphatic carbocycles. The molecular formula is C17H14F5N3O2. The Labute approximate surface area is 150 Å². The van der Waals surface area contributed by atoms with Crippen LogP contribution in [0.5, 0.6) is 0 Å². The van der Waals surface area contributed by atoms with Gasteiger partial charge >= 0.3 is 12.1 Å². The molecule has 0 spiro atoms. The largest absolute Gasteiger partial charge is 0.476 e. The standard InChI is InChI=1S/C17H14F5N3O2/c1-8-12(16(26)27)23-14(13(18)19)24-15(8)25-5-4-9-2-3-11(17(20,21)22)6-10(9)7-25/h2-3,6,13H,4-5,7H2,1H3,(H,26,27). The summed E-state index contributed by atoms with van der Waals surface area (Å²) in [6.45, 7) is 1.69. The lowest BCUT2D eigenvalue weighted by Gasteiger charge is -2.31. The smallest absolute Gasteiger partial charge is 0.416 e. The fraction of sp³-hybridized carbons (Fsp3) is 0.353. The van der Waals surface area contributed by atoms with E-state index in [1.54, 1.807) is 0 Å². The minimum Gasteiger partial charge on any atom is -0.476 e. The van der Waals surface area contributed by atoms with Crippen molar-refractivity contribution >= 4 is 11.8 Å². The molecule has 1 aromatic carbocycles. The van der Waals surface area contributed by atoms with Crippen LogP contribution in [-0.2, 0) is 19.1 Å². The van der Waals surface area contributed by atoms with Gasteiger partial charge in [0.1, 0.15) is 5.82 Å². The van der Waals surface area contributed by atoms with E-state index in [2.05, 4.69) is 9.97 Å². The number of nitrogens with zero attached hydrogens (tertiary/aromatic N) is 3. The molecule has 0 bridgehead atoms. The van der Waals surface area contributed by atoms with Gasteiger partial charge in [0.25, 0.3) is 6.43 Å². The van der Waals surface area contributed by atoms with Crippen molar-refractivity contribution in [1.29, 1.82) is 0 Å². The quantitative estimate of drug-likeness (QED) is 0.807. The van der Waals surface area contributed by atoms with Crippen molar-refractivity contribution in [1.82, 2.24) is 9.97 Å². The van der Waals surface area contributed by atoms with E-state index in [0.717, 1.165) is 17.7 Å². The lowest BCUT2D eigenvalue weighted by molar-refractivity contribution is -0.137. The molecule has 0 fully saturated rings. The van der Waals surface area contributed by atoms with Gasteiger partial charge in [-0.2, -0.15) is 13.2 Å². The molecular weight excluding hydrogens is 373 g/mol. The molecule has 2 aromatic rings. The predicted molar refractivity (Wildman–Crippen MR) is 84.9 cm³/mol. The highest BCUT2D eigenvalue weighted by atomic mass is 19.4. The Morgan fingerprint density at radius 2 is 1.93 bits per heavy atom. The Kier molecular flexibility index (Phi) is 4.75. The van der Waals surface area contributed by atoms with Crippen molar-refractivity contribution < 1.29 is 31.9 Å². The molecule has 2 heterocycles. The van der Waals surface area contributed by atoms with Crippen LogP contribution in [0.3, 0.4) is 0 Å². The highest BCUT2D eigenvalue weighted by molar-refractivity contribution is 5.88. The maximum atomic E-state index is 13.1. The van der Waals surface area contributed by atoms with Crippen LogP contribution in [0.1, 0.15) is 45.0 Å². The summed E-state index contributed by atoms with van der Waals surface area (Å²) in [4.78, 5) is 19.9. The van der Waals surface area contributed by atoms with Crippen LogP contribution in [-0.4, -0.2) is 27.6 Å². The van der Waals surface area contributed by atoms with E-state index in [1.165, 1.54) is 17.9 Å². The molecule has 10 heteroatoms. The number of halogens is 5. The van der Waals surface area contributed by atoms with E-state index in [-0.39, 0.29) is 17.9 Å². The highest BCUT2D eigenvalue weighted by Gasteiger charge is 2.32. The number of carboxylic acid groups (broad SMARTS) is 1. The predicted octanol–water partition coefficient (Wildman–Crippen LogP) is 4.00. The first-order valence-corrected chi connectivity index (χ1v) is 7.92. The molecule has 1 N–H and O–H groups in total. The molecule has 1 aromatic heterocycles. The Bertz CT molecular complexity index is 899. The fourth-order valence-electron chi connectivity index (χ4n) is 3.05. The summed E-state index contributed by atoms with van der Waals surface area (Å²) in [5.41, 5.74) is -0.155. The van der Waals surface area contributed by atoms with Crippen molar-refractivity contribution in [3.8, 4) is 0 Å². The average Bonchev–Trinajstić information content (AvgIpc) is 2.59. The van der Waals surface area contributed by atoms with Crippen LogP contribution in [0.2, 0.25) is 0 Å². The summed E-state index contributed by atoms with van der Waals surface area (Å²) in [7, 11) is 0. The van der Waals surface area contributed by atoms with E-state index in [4.69, 9.17) is 0 Å². The van der Waals surface area contributed by atoms with E-state index in [9.17, 15) is 31.9 Å². The lowest BCUT2D eigenvalue weighted by atomic mass is 9.97. The fourth-order valence-corrected chi connectivity index (χ4v) is 3.05. The zero-order chi connectivity index (χ0) is 19.9. The third-order valence-electron chi connectivity index (χ3n) is 4.38. The zero-order valence-corrected chi connectivity index (χ0v) is 14.0. The molecule has 3 rings (SSSR count). The minimum absolute atomic E-state index is 0.00115. The maximum Gasteiger partial charge on any atom is 0.416 e. The number of rotatable bonds is 3. The summed E-state index contributed by atoms with van der Waals surface area (Å²) in [6, 6.07) is 3.42. The molecule has 1 aliphatic rings. The number of hydrogen-bond acceptors (Lipinski definition) is 4. The maximum absolute atomic E-state index is 13.1. The van der Waals surface area contributed by atoms with Gasteiger partial charge in [-0.3, -0.25) is 0 Å². The van der Waals surface area contributed by atoms with Gasteiger partial charge in [0, 0.05) is 18.7 Å². The van der Waals surface area contributed by atoms with Gasteiger partial charge in [-0.25, -0.2) is 23.5 Å². The summed E-state index contributed by atoms with van der Waals surface area (Å²) in [5, 5.41) is 9.20. The molecule has 0 radical (unpaired) electrons. The Balaban J connectivity index is 2.03. The number of aromatic carboxylic acids is 1. The minimum atomic E-state index is -4.50. The number of carbonyl (C=O) groups is 1. The highest BCUT2D eigenvalue weighted by Crippen LogP contribution is 2.34. The molecule has 5 nitrogen and oxygen atoms in total. The summed E-state index contributed by atoms with van der Waals surface area (Å²) >= 11 is 0. The average molecular weight is 387 g/mol. The topological polar surface area (TPSA) is 66.3 Å². The molecule has 27 heavy (non-hydrogen) atoms. The number of benzene rings is 1. The van der Waals surface area contributed by atoms with Crippen molar-refractivity contribution in [2.24, 2.45) is 0 Å². The third-order valence-corrected chi connectivity index (χ3v) is 4.38. The van der Waals surface area contributed by atoms with Gasteiger partial charge in [0.05, 0.1) is 5.56 Å². The second kappa shape index (κ2) is 6.75. The van der Waals surface area contributed by atoms with Crippen LogP contribution < -0.4 is 4.90 Å². The normalized spacial score (nSPS) is 14.4. The van der Waals surface area contributed by atoms with Crippen LogP contribution in [0.25, 0.3) is 0 Å². The van der Waals surface area contributed by atoms with Crippen LogP contribution in [0.15, 0.2) is 18.2 Å². The molecule has 0 saturated heterocycles. The lowest BCUT2D eigenvalue weighted by Crippen LogP contribution is -2.33. The monoisotopic (exact) mass is 387 g/mol. The second-order valence-electron chi connectivity index (χ2n) is 6.14. The Morgan fingerprint density at radius 1 is 1.22 bits per heavy atom. The van der Waals surface area contributed by atoms with Crippen LogP contribution in [0.4, 0.5) is 27.8 Å². The molecule has 1 aliphatic heterocycles. The summed E-state index contributed by atoms with van der Waals surface area (Å²) in [5.74, 6) is -2.42. The van der Waals surface area contributed by atoms with Crippen molar-refractivity contribution in [3.05, 3.63) is 52.0 Å². The number of hydrogen-bond donors (Lipinski definition) is 1. The van der Waals surface area contributed by atoms with Crippen molar-refractivity contribution in [3.63, 3.8) is 0 Å². The van der Waals surface area contributed by atoms with Gasteiger partial charge in [0.15, 0.2) is 11.5 Å². The van der Waals surface area contributed by atoms with E-state index < -0.39 is 35.7 Å². The number of anilines is 1. The zero-order valence-electron chi connectivity index (χ0n) is 14.0. The SMILES string of the molecule is Cc1c(C(=O)O)nc(C(F)F)nc1N1CCc2ccc(C(F)(F)F)cc2C1. The number of carboxylic acids is 1. The van der Waals surface area contributed by atoms with E-state index in [1.807, 2.05) is 0 Å². The van der Waals surface area contributed by atoms with Gasteiger partial charge in [-0.1, -0.05) is 6.07 Å². The van der Waals surface area contributed by atoms with E-state index >= 15 is 0 Å². The number of aromatic nitrogens is 2. The molecule has 144 valence electrons. The van der Waals surface area contributed by atoms with Crippen LogP contribution >= 0.6 is 0 Å². The third kappa shape index (κ3) is 3.69. The molecule has 0 unspecified atom stereocenters. The van der Waals surface area contributed by atoms with Crippen molar-refractivity contribution in [2.45, 2.75) is 32.5 Å². The summed E-state index contributed by atoms with van der Waals surface area (Å²) < 4.78 is 64.9. The first-order valence-electron chi connectivity index (χ1n) is 7.92. The molecule has 0 atom stereocenters.